The van der Waals surface area contributed by atoms with Gasteiger partial charge in [0.25, 0.3) is 0 Å². The molecule has 37 heavy (non-hydrogen) atoms. The predicted molar refractivity (Wildman–Crippen MR) is 154 cm³/mol. The molecule has 1 aromatic heterocycles. The first kappa shape index (κ1) is 28.9. The smallest absolute Gasteiger partial charge is 0.229 e. The number of carbonyl (C=O) groups is 1. The molecule has 0 bridgehead atoms. The monoisotopic (exact) mass is 508 g/mol. The summed E-state index contributed by atoms with van der Waals surface area (Å²) < 4.78 is 0. The van der Waals surface area contributed by atoms with Gasteiger partial charge in [-0.2, -0.15) is 15.0 Å². The highest BCUT2D eigenvalue weighted by Gasteiger charge is 2.31. The van der Waals surface area contributed by atoms with E-state index in [1.54, 1.807) is 6.92 Å². The number of hydrogen-bond acceptors (Lipinski definition) is 7. The topological polar surface area (TPSA) is 91.8 Å². The molecule has 3 atom stereocenters. The van der Waals surface area contributed by atoms with E-state index in [2.05, 4.69) is 34.8 Å². The number of aromatic nitrogens is 3. The molecule has 2 aliphatic carbocycles. The highest BCUT2D eigenvalue weighted by atomic mass is 16.1. The van der Waals surface area contributed by atoms with Gasteiger partial charge < -0.3 is 16.0 Å². The Labute approximate surface area is 224 Å². The van der Waals surface area contributed by atoms with Gasteiger partial charge in [-0.3, -0.25) is 4.79 Å². The van der Waals surface area contributed by atoms with Crippen molar-refractivity contribution in [3.8, 4) is 0 Å². The predicted octanol–water partition coefficient (Wildman–Crippen LogP) is 7.33. The Bertz CT molecular complexity index is 957. The molecule has 1 aromatic carbocycles. The Morgan fingerprint density at radius 2 is 1.57 bits per heavy atom. The molecule has 3 unspecified atom stereocenters. The van der Waals surface area contributed by atoms with E-state index >= 15 is 0 Å². The van der Waals surface area contributed by atoms with Crippen molar-refractivity contribution < 1.29 is 4.79 Å². The summed E-state index contributed by atoms with van der Waals surface area (Å²) in [6.45, 7) is 11.7. The van der Waals surface area contributed by atoms with Gasteiger partial charge in [-0.1, -0.05) is 84.1 Å². The van der Waals surface area contributed by atoms with E-state index in [1.165, 1.54) is 51.4 Å². The van der Waals surface area contributed by atoms with E-state index in [0.29, 0.717) is 36.3 Å². The van der Waals surface area contributed by atoms with Crippen LogP contribution in [0.15, 0.2) is 24.3 Å². The first-order valence-corrected chi connectivity index (χ1v) is 14.6. The summed E-state index contributed by atoms with van der Waals surface area (Å²) in [7, 11) is 0. The number of anilines is 3. The molecule has 0 radical (unpaired) electrons. The number of rotatable bonds is 11. The first-order chi connectivity index (χ1) is 18.0. The number of benzene rings is 1. The van der Waals surface area contributed by atoms with Crippen molar-refractivity contribution in [2.45, 2.75) is 105 Å². The third-order valence-electron chi connectivity index (χ3n) is 7.76. The van der Waals surface area contributed by atoms with Crippen molar-refractivity contribution >= 4 is 23.6 Å². The third kappa shape index (κ3) is 8.97. The van der Waals surface area contributed by atoms with Gasteiger partial charge >= 0.3 is 0 Å². The first-order valence-electron chi connectivity index (χ1n) is 14.6. The van der Waals surface area contributed by atoms with Gasteiger partial charge in [-0.25, -0.2) is 0 Å². The van der Waals surface area contributed by atoms with E-state index in [1.807, 2.05) is 38.1 Å². The highest BCUT2D eigenvalue weighted by molar-refractivity contribution is 5.94. The van der Waals surface area contributed by atoms with Crippen molar-refractivity contribution in [3.63, 3.8) is 0 Å². The quantitative estimate of drug-likeness (QED) is 0.274. The molecule has 2 fully saturated rings. The van der Waals surface area contributed by atoms with Crippen LogP contribution in [-0.2, 0) is 6.54 Å². The van der Waals surface area contributed by atoms with Gasteiger partial charge in [0.2, 0.25) is 17.8 Å². The van der Waals surface area contributed by atoms with Gasteiger partial charge in [0.05, 0.1) is 0 Å². The lowest BCUT2D eigenvalue weighted by Crippen LogP contribution is -2.22. The maximum atomic E-state index is 11.5. The molecule has 2 aliphatic rings. The fourth-order valence-corrected chi connectivity index (χ4v) is 5.67. The molecular weight excluding hydrogens is 460 g/mol. The molecule has 2 saturated carbocycles. The van der Waals surface area contributed by atoms with E-state index in [-0.39, 0.29) is 5.78 Å². The second kappa shape index (κ2) is 14.9. The third-order valence-corrected chi connectivity index (χ3v) is 7.76. The highest BCUT2D eigenvalue weighted by Crippen LogP contribution is 2.36. The molecule has 0 spiro atoms. The second-order valence-electron chi connectivity index (χ2n) is 10.6. The molecule has 1 heterocycles. The standard InChI is InChI=1S/C28H42N6O.C2H6/c1-4-8-24-16-25(15-19(24)2)31-28-33-26(29-17-21-9-6-5-7-10-21)32-27(34-28)30-18-22-11-13-23(14-12-22)20(3)35;1-2/h11-14,19,21,24-25H,4-10,15-18H2,1-3H3,(H3,29,30,31,32,33,34);1-2H3. The zero-order valence-electron chi connectivity index (χ0n) is 23.6. The molecular formula is C30H48N6O. The maximum absolute atomic E-state index is 11.5. The Hall–Kier alpha value is -2.70. The molecule has 7 heteroatoms. The summed E-state index contributed by atoms with van der Waals surface area (Å²) in [5.41, 5.74) is 1.80. The molecule has 2 aromatic rings. The molecule has 0 saturated heterocycles. The average Bonchev–Trinajstić information content (AvgIpc) is 3.26. The minimum atomic E-state index is 0.0776. The summed E-state index contributed by atoms with van der Waals surface area (Å²) in [4.78, 5) is 25.7. The van der Waals surface area contributed by atoms with Crippen LogP contribution < -0.4 is 16.0 Å². The Balaban J connectivity index is 0.00000186. The van der Waals surface area contributed by atoms with Crippen LogP contribution in [0.1, 0.15) is 108 Å². The van der Waals surface area contributed by atoms with E-state index < -0.39 is 0 Å². The molecule has 0 amide bonds. The fraction of sp³-hybridized carbons (Fsp3) is 0.667. The molecule has 7 nitrogen and oxygen atoms in total. The summed E-state index contributed by atoms with van der Waals surface area (Å²) in [6, 6.07) is 8.08. The zero-order chi connectivity index (χ0) is 26.6. The van der Waals surface area contributed by atoms with Crippen molar-refractivity contribution in [2.24, 2.45) is 17.8 Å². The number of nitrogens with zero attached hydrogens (tertiary/aromatic N) is 3. The van der Waals surface area contributed by atoms with Crippen LogP contribution in [-0.4, -0.2) is 33.3 Å². The molecule has 0 aliphatic heterocycles. The van der Waals surface area contributed by atoms with Gasteiger partial charge in [-0.15, -0.1) is 0 Å². The van der Waals surface area contributed by atoms with E-state index in [4.69, 9.17) is 9.97 Å². The van der Waals surface area contributed by atoms with Crippen LogP contribution in [0.5, 0.6) is 0 Å². The van der Waals surface area contributed by atoms with Gasteiger partial charge in [0, 0.05) is 24.7 Å². The van der Waals surface area contributed by atoms with E-state index in [0.717, 1.165) is 35.9 Å². The van der Waals surface area contributed by atoms with E-state index in [9.17, 15) is 4.79 Å². The summed E-state index contributed by atoms with van der Waals surface area (Å²) in [5, 5.41) is 10.5. The van der Waals surface area contributed by atoms with Crippen molar-refractivity contribution in [3.05, 3.63) is 35.4 Å². The number of hydrogen-bond donors (Lipinski definition) is 3. The lowest BCUT2D eigenvalue weighted by Gasteiger charge is -2.22. The van der Waals surface area contributed by atoms with Crippen LogP contribution in [0.4, 0.5) is 17.8 Å². The van der Waals surface area contributed by atoms with Crippen molar-refractivity contribution in [1.29, 1.82) is 0 Å². The number of Topliss-reactive ketones (excluding diaryl/α,β-unsaturated/α-hetero) is 1. The minimum absolute atomic E-state index is 0.0776. The normalized spacial score (nSPS) is 21.6. The fourth-order valence-electron chi connectivity index (χ4n) is 5.67. The number of nitrogens with one attached hydrogen (secondary N) is 3. The lowest BCUT2D eigenvalue weighted by molar-refractivity contribution is 0.101. The Morgan fingerprint density at radius 1 is 0.919 bits per heavy atom. The second-order valence-corrected chi connectivity index (χ2v) is 10.6. The zero-order valence-corrected chi connectivity index (χ0v) is 23.6. The number of ketones is 1. The number of carbonyl (C=O) groups excluding carboxylic acids is 1. The molecule has 4 rings (SSSR count). The van der Waals surface area contributed by atoms with Crippen molar-refractivity contribution in [2.75, 3.05) is 22.5 Å². The molecule has 204 valence electrons. The minimum Gasteiger partial charge on any atom is -0.354 e. The largest absolute Gasteiger partial charge is 0.354 e. The lowest BCUT2D eigenvalue weighted by atomic mass is 9.89. The van der Waals surface area contributed by atoms with Gasteiger partial charge in [0.15, 0.2) is 5.78 Å². The van der Waals surface area contributed by atoms with Crippen LogP contribution in [0.2, 0.25) is 0 Å². The SMILES string of the molecule is CC.CCCC1CC(Nc2nc(NCc3ccc(C(C)=O)cc3)nc(NCC3CCCCC3)n2)CC1C. The summed E-state index contributed by atoms with van der Waals surface area (Å²) in [5.74, 6) is 4.13. The summed E-state index contributed by atoms with van der Waals surface area (Å²) >= 11 is 0. The van der Waals surface area contributed by atoms with Crippen LogP contribution in [0.25, 0.3) is 0 Å². The summed E-state index contributed by atoms with van der Waals surface area (Å²) in [6.07, 6.45) is 11.4. The van der Waals surface area contributed by atoms with Crippen molar-refractivity contribution in [1.82, 2.24) is 15.0 Å². The Morgan fingerprint density at radius 3 is 2.22 bits per heavy atom. The average molecular weight is 509 g/mol. The van der Waals surface area contributed by atoms with Crippen LogP contribution >= 0.6 is 0 Å². The maximum Gasteiger partial charge on any atom is 0.229 e. The van der Waals surface area contributed by atoms with Gasteiger partial charge in [0.1, 0.15) is 0 Å². The van der Waals surface area contributed by atoms with Crippen LogP contribution in [0.3, 0.4) is 0 Å². The van der Waals surface area contributed by atoms with Gasteiger partial charge in [-0.05, 0) is 55.9 Å². The molecule has 3 N–H and O–H groups in total. The van der Waals surface area contributed by atoms with Crippen LogP contribution in [0, 0.1) is 17.8 Å². The Kier molecular flexibility index (Phi) is 11.6.